The van der Waals surface area contributed by atoms with Crippen LogP contribution in [0.1, 0.15) is 5.82 Å². The summed E-state index contributed by atoms with van der Waals surface area (Å²) in [6, 6.07) is 10.5. The number of benzene rings is 1. The molecule has 100 valence electrons. The van der Waals surface area contributed by atoms with Gasteiger partial charge in [-0.2, -0.15) is 10.1 Å². The third-order valence-electron chi connectivity index (χ3n) is 3.41. The van der Waals surface area contributed by atoms with Crippen molar-refractivity contribution in [2.24, 2.45) is 0 Å². The van der Waals surface area contributed by atoms with Gasteiger partial charge in [-0.05, 0) is 12.1 Å². The molecule has 2 heterocycles. The number of nitrogens with one attached hydrogen (secondary N) is 1. The summed E-state index contributed by atoms with van der Waals surface area (Å²) in [5.74, 6) is 1.16. The van der Waals surface area contributed by atoms with Crippen LogP contribution in [0.15, 0.2) is 30.3 Å². The van der Waals surface area contributed by atoms with Crippen molar-refractivity contribution in [2.75, 3.05) is 36.8 Å². The number of aromatic amines is 1. The molecule has 0 spiro atoms. The number of hydrogen-bond acceptors (Lipinski definition) is 5. The minimum absolute atomic E-state index is 0.387. The Morgan fingerprint density at radius 2 is 1.84 bits per heavy atom. The SMILES string of the molecule is Nc1nc(CN2CCN(c3ccccc3)CC2)n[nH]1. The molecule has 3 N–H and O–H groups in total. The molecule has 1 saturated heterocycles. The first-order chi connectivity index (χ1) is 9.31. The van der Waals surface area contributed by atoms with Gasteiger partial charge in [-0.3, -0.25) is 4.90 Å². The van der Waals surface area contributed by atoms with Crippen molar-refractivity contribution in [3.63, 3.8) is 0 Å². The predicted molar refractivity (Wildman–Crippen MR) is 74.7 cm³/mol. The molecular formula is C13H18N6. The average Bonchev–Trinajstić information content (AvgIpc) is 2.86. The van der Waals surface area contributed by atoms with Gasteiger partial charge in [0.05, 0.1) is 6.54 Å². The van der Waals surface area contributed by atoms with E-state index in [0.29, 0.717) is 5.95 Å². The summed E-state index contributed by atoms with van der Waals surface area (Å²) in [6.07, 6.45) is 0. The molecule has 1 aromatic heterocycles. The van der Waals surface area contributed by atoms with E-state index in [-0.39, 0.29) is 0 Å². The van der Waals surface area contributed by atoms with Gasteiger partial charge in [-0.15, -0.1) is 0 Å². The van der Waals surface area contributed by atoms with Crippen molar-refractivity contribution in [1.82, 2.24) is 20.1 Å². The van der Waals surface area contributed by atoms with Gasteiger partial charge in [0.1, 0.15) is 0 Å². The van der Waals surface area contributed by atoms with E-state index in [0.717, 1.165) is 38.5 Å². The van der Waals surface area contributed by atoms with Crippen LogP contribution in [0.25, 0.3) is 0 Å². The minimum Gasteiger partial charge on any atom is -0.369 e. The van der Waals surface area contributed by atoms with E-state index in [9.17, 15) is 0 Å². The summed E-state index contributed by atoms with van der Waals surface area (Å²) in [6.45, 7) is 4.86. The molecule has 1 aliphatic heterocycles. The summed E-state index contributed by atoms with van der Waals surface area (Å²) in [5.41, 5.74) is 6.82. The number of nitrogens with zero attached hydrogens (tertiary/aromatic N) is 4. The molecule has 0 radical (unpaired) electrons. The standard InChI is InChI=1S/C13H18N6/c14-13-15-12(16-17-13)10-18-6-8-19(9-7-18)11-4-2-1-3-5-11/h1-5H,6-10H2,(H3,14,15,16,17). The number of aromatic nitrogens is 3. The van der Waals surface area contributed by atoms with Crippen molar-refractivity contribution < 1.29 is 0 Å². The van der Waals surface area contributed by atoms with Gasteiger partial charge < -0.3 is 10.6 Å². The Morgan fingerprint density at radius 3 is 2.47 bits per heavy atom. The van der Waals surface area contributed by atoms with Crippen molar-refractivity contribution in [3.8, 4) is 0 Å². The van der Waals surface area contributed by atoms with Gasteiger partial charge in [0.15, 0.2) is 5.82 Å². The second-order valence-corrected chi connectivity index (χ2v) is 4.74. The Morgan fingerprint density at radius 1 is 1.11 bits per heavy atom. The first-order valence-corrected chi connectivity index (χ1v) is 6.50. The largest absolute Gasteiger partial charge is 0.369 e. The maximum absolute atomic E-state index is 5.53. The van der Waals surface area contributed by atoms with Gasteiger partial charge in [-0.1, -0.05) is 18.2 Å². The summed E-state index contributed by atoms with van der Waals surface area (Å²) < 4.78 is 0. The Hall–Kier alpha value is -2.08. The summed E-state index contributed by atoms with van der Waals surface area (Å²) >= 11 is 0. The van der Waals surface area contributed by atoms with Crippen LogP contribution in [0.2, 0.25) is 0 Å². The lowest BCUT2D eigenvalue weighted by Crippen LogP contribution is -2.46. The van der Waals surface area contributed by atoms with E-state index < -0.39 is 0 Å². The van der Waals surface area contributed by atoms with Crippen molar-refractivity contribution >= 4 is 11.6 Å². The molecule has 2 aromatic rings. The summed E-state index contributed by atoms with van der Waals surface area (Å²) in [7, 11) is 0. The zero-order valence-electron chi connectivity index (χ0n) is 10.8. The molecule has 0 bridgehead atoms. The van der Waals surface area contributed by atoms with Crippen molar-refractivity contribution in [2.45, 2.75) is 6.54 Å². The third-order valence-corrected chi connectivity index (χ3v) is 3.41. The van der Waals surface area contributed by atoms with Crippen LogP contribution in [0.3, 0.4) is 0 Å². The number of H-pyrrole nitrogens is 1. The highest BCUT2D eigenvalue weighted by molar-refractivity contribution is 5.46. The molecule has 19 heavy (non-hydrogen) atoms. The van der Waals surface area contributed by atoms with Crippen molar-refractivity contribution in [1.29, 1.82) is 0 Å². The van der Waals surface area contributed by atoms with Gasteiger partial charge in [0.2, 0.25) is 5.95 Å². The molecule has 3 rings (SSSR count). The predicted octanol–water partition coefficient (Wildman–Crippen LogP) is 0.709. The minimum atomic E-state index is 0.387. The number of nitrogen functional groups attached to an aromatic ring is 1. The molecule has 0 unspecified atom stereocenters. The van der Waals surface area contributed by atoms with Gasteiger partial charge >= 0.3 is 0 Å². The normalized spacial score (nSPS) is 16.7. The molecule has 1 aromatic carbocycles. The molecular weight excluding hydrogens is 240 g/mol. The first kappa shape index (κ1) is 12.0. The van der Waals surface area contributed by atoms with Gasteiger partial charge in [0, 0.05) is 31.9 Å². The van der Waals surface area contributed by atoms with E-state index in [1.165, 1.54) is 5.69 Å². The monoisotopic (exact) mass is 258 g/mol. The molecule has 0 amide bonds. The molecule has 0 saturated carbocycles. The number of anilines is 2. The zero-order chi connectivity index (χ0) is 13.1. The van der Waals surface area contributed by atoms with Crippen LogP contribution in [-0.4, -0.2) is 46.3 Å². The second kappa shape index (κ2) is 5.27. The highest BCUT2D eigenvalue weighted by Crippen LogP contribution is 2.16. The smallest absolute Gasteiger partial charge is 0.216 e. The van der Waals surface area contributed by atoms with Crippen LogP contribution in [-0.2, 0) is 6.54 Å². The van der Waals surface area contributed by atoms with Gasteiger partial charge in [0.25, 0.3) is 0 Å². The Kier molecular flexibility index (Phi) is 3.33. The molecule has 0 atom stereocenters. The Balaban J connectivity index is 1.55. The Labute approximate surface area is 112 Å². The maximum atomic E-state index is 5.53. The lowest BCUT2D eigenvalue weighted by molar-refractivity contribution is 0.244. The van der Waals surface area contributed by atoms with E-state index in [2.05, 4.69) is 49.2 Å². The number of hydrogen-bond donors (Lipinski definition) is 2. The molecule has 1 fully saturated rings. The molecule has 1 aliphatic rings. The summed E-state index contributed by atoms with van der Waals surface area (Å²) in [5, 5.41) is 6.74. The fourth-order valence-corrected chi connectivity index (χ4v) is 2.38. The summed E-state index contributed by atoms with van der Waals surface area (Å²) in [4.78, 5) is 8.89. The second-order valence-electron chi connectivity index (χ2n) is 4.74. The van der Waals surface area contributed by atoms with Crippen LogP contribution in [0, 0.1) is 0 Å². The molecule has 0 aliphatic carbocycles. The topological polar surface area (TPSA) is 74.1 Å². The number of nitrogens with two attached hydrogens (primary N) is 1. The average molecular weight is 258 g/mol. The first-order valence-electron chi connectivity index (χ1n) is 6.50. The third kappa shape index (κ3) is 2.85. The highest BCUT2D eigenvalue weighted by Gasteiger charge is 2.18. The van der Waals surface area contributed by atoms with E-state index >= 15 is 0 Å². The fraction of sp³-hybridized carbons (Fsp3) is 0.385. The fourth-order valence-electron chi connectivity index (χ4n) is 2.38. The Bertz CT molecular complexity index is 515. The number of para-hydroxylation sites is 1. The van der Waals surface area contributed by atoms with Crippen molar-refractivity contribution in [3.05, 3.63) is 36.2 Å². The quantitative estimate of drug-likeness (QED) is 0.848. The lowest BCUT2D eigenvalue weighted by Gasteiger charge is -2.35. The zero-order valence-corrected chi connectivity index (χ0v) is 10.8. The van der Waals surface area contributed by atoms with E-state index in [1.54, 1.807) is 0 Å². The molecule has 6 nitrogen and oxygen atoms in total. The number of piperazine rings is 1. The number of rotatable bonds is 3. The van der Waals surface area contributed by atoms with Crippen LogP contribution >= 0.6 is 0 Å². The van der Waals surface area contributed by atoms with Crippen LogP contribution < -0.4 is 10.6 Å². The highest BCUT2D eigenvalue weighted by atomic mass is 15.3. The molecule has 6 heteroatoms. The lowest BCUT2D eigenvalue weighted by atomic mass is 10.2. The van der Waals surface area contributed by atoms with Gasteiger partial charge in [-0.25, -0.2) is 5.10 Å². The van der Waals surface area contributed by atoms with E-state index in [4.69, 9.17) is 5.73 Å². The van der Waals surface area contributed by atoms with Crippen LogP contribution in [0.5, 0.6) is 0 Å². The van der Waals surface area contributed by atoms with E-state index in [1.807, 2.05) is 6.07 Å². The maximum Gasteiger partial charge on any atom is 0.216 e. The van der Waals surface area contributed by atoms with Crippen LogP contribution in [0.4, 0.5) is 11.6 Å².